The molecule has 2 rings (SSSR count). The molecule has 1 aliphatic rings. The van der Waals surface area contributed by atoms with E-state index in [-0.39, 0.29) is 22.8 Å². The van der Waals surface area contributed by atoms with E-state index in [2.05, 4.69) is 13.8 Å². The summed E-state index contributed by atoms with van der Waals surface area (Å²) in [7, 11) is 0. The summed E-state index contributed by atoms with van der Waals surface area (Å²) in [6.07, 6.45) is 0.505. The molecule has 0 aliphatic carbocycles. The number of quaternary nitrogens is 1. The van der Waals surface area contributed by atoms with Crippen LogP contribution in [0.25, 0.3) is 0 Å². The molecule has 0 unspecified atom stereocenters. The molecule has 0 spiro atoms. The molecule has 1 saturated heterocycles. The lowest BCUT2D eigenvalue weighted by Crippen LogP contribution is -3.14. The minimum atomic E-state index is -0.344. The Bertz CT molecular complexity index is 426. The van der Waals surface area contributed by atoms with Crippen LogP contribution in [0.5, 0.6) is 0 Å². The van der Waals surface area contributed by atoms with Crippen molar-refractivity contribution in [3.05, 3.63) is 39.9 Å². The lowest BCUT2D eigenvalue weighted by molar-refractivity contribution is -0.928. The Hall–Kier alpha value is -1.46. The van der Waals surface area contributed by atoms with Crippen molar-refractivity contribution in [2.45, 2.75) is 32.6 Å². The Morgan fingerprint density at radius 2 is 2.06 bits per heavy atom. The summed E-state index contributed by atoms with van der Waals surface area (Å²) in [5.74, 6) is 0. The van der Waals surface area contributed by atoms with Crippen molar-refractivity contribution in [2.24, 2.45) is 0 Å². The van der Waals surface area contributed by atoms with Crippen LogP contribution in [-0.2, 0) is 11.3 Å². The highest BCUT2D eigenvalue weighted by Gasteiger charge is 2.25. The maximum absolute atomic E-state index is 10.7. The van der Waals surface area contributed by atoms with Gasteiger partial charge in [-0.05, 0) is 13.8 Å². The fourth-order valence-corrected chi connectivity index (χ4v) is 2.60. The monoisotopic (exact) mass is 251 g/mol. The number of hydrogen-bond donors (Lipinski definition) is 1. The van der Waals surface area contributed by atoms with Crippen LogP contribution in [0, 0.1) is 10.1 Å². The summed E-state index contributed by atoms with van der Waals surface area (Å²) in [6.45, 7) is 6.87. The zero-order valence-electron chi connectivity index (χ0n) is 10.8. The van der Waals surface area contributed by atoms with Gasteiger partial charge in [0.2, 0.25) is 0 Å². The quantitative estimate of drug-likeness (QED) is 0.638. The van der Waals surface area contributed by atoms with Gasteiger partial charge >= 0.3 is 0 Å². The van der Waals surface area contributed by atoms with E-state index in [4.69, 9.17) is 4.74 Å². The Morgan fingerprint density at radius 1 is 1.39 bits per heavy atom. The van der Waals surface area contributed by atoms with Crippen LogP contribution < -0.4 is 4.90 Å². The van der Waals surface area contributed by atoms with Crippen molar-refractivity contribution in [3.63, 3.8) is 0 Å². The van der Waals surface area contributed by atoms with Crippen molar-refractivity contribution >= 4 is 5.69 Å². The largest absolute Gasteiger partial charge is 0.364 e. The van der Waals surface area contributed by atoms with E-state index in [1.807, 2.05) is 6.07 Å². The maximum atomic E-state index is 10.7. The third kappa shape index (κ3) is 3.27. The molecular formula is C13H19N2O3+. The molecule has 1 fully saturated rings. The highest BCUT2D eigenvalue weighted by molar-refractivity contribution is 5.33. The van der Waals surface area contributed by atoms with E-state index in [0.717, 1.165) is 25.2 Å². The fraction of sp³-hybridized carbons (Fsp3) is 0.538. The van der Waals surface area contributed by atoms with E-state index in [9.17, 15) is 10.1 Å². The third-order valence-corrected chi connectivity index (χ3v) is 3.19. The van der Waals surface area contributed by atoms with Crippen molar-refractivity contribution < 1.29 is 14.6 Å². The molecule has 1 N–H and O–H groups in total. The topological polar surface area (TPSA) is 56.8 Å². The lowest BCUT2D eigenvalue weighted by Gasteiger charge is -2.32. The van der Waals surface area contributed by atoms with Gasteiger partial charge in [-0.3, -0.25) is 10.1 Å². The number of nitrogens with one attached hydrogen (secondary N) is 1. The Kier molecular flexibility index (Phi) is 3.93. The molecule has 0 saturated carbocycles. The molecule has 0 aromatic heterocycles. The number of ether oxygens (including phenoxy) is 1. The van der Waals surface area contributed by atoms with Gasteiger partial charge in [0.1, 0.15) is 31.8 Å². The molecule has 2 atom stereocenters. The van der Waals surface area contributed by atoms with Gasteiger partial charge in [0.15, 0.2) is 0 Å². The number of non-ortho nitro benzene ring substituents is 1. The van der Waals surface area contributed by atoms with Crippen molar-refractivity contribution in [1.82, 2.24) is 0 Å². The summed E-state index contributed by atoms with van der Waals surface area (Å²) in [5.41, 5.74) is 1.18. The van der Waals surface area contributed by atoms with Gasteiger partial charge in [-0.25, -0.2) is 0 Å². The van der Waals surface area contributed by atoms with Crippen LogP contribution in [0.2, 0.25) is 0 Å². The molecule has 1 aromatic carbocycles. The molecule has 1 aromatic rings. The van der Waals surface area contributed by atoms with Crippen LogP contribution in [0.15, 0.2) is 24.3 Å². The summed E-state index contributed by atoms with van der Waals surface area (Å²) < 4.78 is 5.69. The zero-order valence-corrected chi connectivity index (χ0v) is 10.8. The highest BCUT2D eigenvalue weighted by Crippen LogP contribution is 2.12. The summed E-state index contributed by atoms with van der Waals surface area (Å²) in [5, 5.41) is 10.7. The third-order valence-electron chi connectivity index (χ3n) is 3.19. The number of rotatable bonds is 3. The number of nitro groups is 1. The second-order valence-electron chi connectivity index (χ2n) is 5.02. The van der Waals surface area contributed by atoms with E-state index >= 15 is 0 Å². The molecule has 98 valence electrons. The second kappa shape index (κ2) is 5.46. The standard InChI is InChI=1S/C13H18N2O3/c1-10-7-14(8-11(2)18-10)9-12-4-3-5-13(6-12)15(16)17/h3-6,10-11H,7-9H2,1-2H3/p+1/t10-,11-/m0/s1. The SMILES string of the molecule is C[C@H]1C[NH+](Cc2cccc([N+](=O)[O-])c2)C[C@H](C)O1. The minimum Gasteiger partial charge on any atom is -0.364 e. The van der Waals surface area contributed by atoms with Crippen molar-refractivity contribution in [1.29, 1.82) is 0 Å². The Balaban J connectivity index is 2.04. The fourth-order valence-electron chi connectivity index (χ4n) is 2.60. The average molecular weight is 251 g/mol. The van der Waals surface area contributed by atoms with Gasteiger partial charge in [0.05, 0.1) is 4.92 Å². The molecule has 0 radical (unpaired) electrons. The molecule has 5 nitrogen and oxygen atoms in total. The number of nitro benzene ring substituents is 1. The number of hydrogen-bond acceptors (Lipinski definition) is 3. The number of morpholine rings is 1. The van der Waals surface area contributed by atoms with Crippen molar-refractivity contribution in [3.8, 4) is 0 Å². The maximum Gasteiger partial charge on any atom is 0.269 e. The molecule has 0 bridgehead atoms. The van der Waals surface area contributed by atoms with E-state index < -0.39 is 0 Å². The lowest BCUT2D eigenvalue weighted by atomic mass is 10.1. The van der Waals surface area contributed by atoms with Gasteiger partial charge in [0.25, 0.3) is 5.69 Å². The molecular weight excluding hydrogens is 232 g/mol. The van der Waals surface area contributed by atoms with Crippen LogP contribution in [0.1, 0.15) is 19.4 Å². The second-order valence-corrected chi connectivity index (χ2v) is 5.02. The van der Waals surface area contributed by atoms with Gasteiger partial charge in [-0.15, -0.1) is 0 Å². The minimum absolute atomic E-state index is 0.168. The zero-order chi connectivity index (χ0) is 13.1. The Morgan fingerprint density at radius 3 is 2.67 bits per heavy atom. The predicted octanol–water partition coefficient (Wildman–Crippen LogP) is 0.787. The smallest absolute Gasteiger partial charge is 0.269 e. The van der Waals surface area contributed by atoms with Gasteiger partial charge in [-0.2, -0.15) is 0 Å². The van der Waals surface area contributed by atoms with E-state index in [0.29, 0.717) is 0 Å². The van der Waals surface area contributed by atoms with Crippen LogP contribution in [0.4, 0.5) is 5.69 Å². The van der Waals surface area contributed by atoms with Crippen LogP contribution >= 0.6 is 0 Å². The molecule has 0 amide bonds. The highest BCUT2D eigenvalue weighted by atomic mass is 16.6. The van der Waals surface area contributed by atoms with Gasteiger partial charge < -0.3 is 9.64 Å². The first-order chi connectivity index (χ1) is 8.54. The Labute approximate surface area is 107 Å². The van der Waals surface area contributed by atoms with Crippen molar-refractivity contribution in [2.75, 3.05) is 13.1 Å². The predicted molar refractivity (Wildman–Crippen MR) is 67.5 cm³/mol. The normalized spacial score (nSPS) is 28.0. The van der Waals surface area contributed by atoms with Gasteiger partial charge in [0, 0.05) is 17.7 Å². The first kappa shape index (κ1) is 13.0. The van der Waals surface area contributed by atoms with E-state index in [1.54, 1.807) is 12.1 Å². The summed E-state index contributed by atoms with van der Waals surface area (Å²) >= 11 is 0. The molecule has 1 aliphatic heterocycles. The van der Waals surface area contributed by atoms with Crippen LogP contribution in [0.3, 0.4) is 0 Å². The molecule has 1 heterocycles. The van der Waals surface area contributed by atoms with Crippen LogP contribution in [-0.4, -0.2) is 30.2 Å². The summed E-state index contributed by atoms with van der Waals surface area (Å²) in [6, 6.07) is 6.90. The number of nitrogens with zero attached hydrogens (tertiary/aromatic N) is 1. The van der Waals surface area contributed by atoms with E-state index in [1.165, 1.54) is 11.0 Å². The first-order valence-electron chi connectivity index (χ1n) is 6.27. The first-order valence-corrected chi connectivity index (χ1v) is 6.27. The average Bonchev–Trinajstić information content (AvgIpc) is 2.27. The molecule has 18 heavy (non-hydrogen) atoms. The summed E-state index contributed by atoms with van der Waals surface area (Å²) in [4.78, 5) is 11.8. The molecule has 5 heteroatoms. The number of benzene rings is 1. The van der Waals surface area contributed by atoms with Gasteiger partial charge in [-0.1, -0.05) is 12.1 Å².